The molecule has 1 rings (SSSR count). The van der Waals surface area contributed by atoms with Gasteiger partial charge in [-0.25, -0.2) is 0 Å². The summed E-state index contributed by atoms with van der Waals surface area (Å²) >= 11 is 0. The van der Waals surface area contributed by atoms with Gasteiger partial charge in [-0.15, -0.1) is 0 Å². The lowest BCUT2D eigenvalue weighted by Gasteiger charge is -1.74. The standard InChI is InChI=1S/C7H12O/c1-3-4-5-7-6(2)8-7/h4-7H,3H2,1-2H3. The van der Waals surface area contributed by atoms with Crippen molar-refractivity contribution >= 4 is 0 Å². The van der Waals surface area contributed by atoms with E-state index in [2.05, 4.69) is 26.0 Å². The summed E-state index contributed by atoms with van der Waals surface area (Å²) in [6, 6.07) is 0. The van der Waals surface area contributed by atoms with E-state index in [0.717, 1.165) is 6.42 Å². The second-order valence-corrected chi connectivity index (χ2v) is 2.14. The largest absolute Gasteiger partial charge is 0.365 e. The normalized spacial score (nSPS) is 36.2. The molecule has 8 heavy (non-hydrogen) atoms. The fourth-order valence-corrected chi connectivity index (χ4v) is 0.675. The molecule has 1 heteroatoms. The van der Waals surface area contributed by atoms with Crippen LogP contribution in [0.3, 0.4) is 0 Å². The Hall–Kier alpha value is -0.300. The van der Waals surface area contributed by atoms with Crippen molar-refractivity contribution in [3.05, 3.63) is 12.2 Å². The van der Waals surface area contributed by atoms with Crippen LogP contribution in [0.1, 0.15) is 20.3 Å². The third-order valence-electron chi connectivity index (χ3n) is 1.32. The van der Waals surface area contributed by atoms with Crippen LogP contribution < -0.4 is 0 Å². The first kappa shape index (κ1) is 5.83. The quantitative estimate of drug-likeness (QED) is 0.391. The number of ether oxygens (including phenoxy) is 1. The lowest BCUT2D eigenvalue weighted by atomic mass is 10.3. The van der Waals surface area contributed by atoms with Crippen LogP contribution in [0.15, 0.2) is 12.2 Å². The topological polar surface area (TPSA) is 12.5 Å². The Morgan fingerprint density at radius 1 is 1.62 bits per heavy atom. The van der Waals surface area contributed by atoms with Crippen molar-refractivity contribution in [2.45, 2.75) is 32.5 Å². The van der Waals surface area contributed by atoms with Crippen molar-refractivity contribution in [1.29, 1.82) is 0 Å². The summed E-state index contributed by atoms with van der Waals surface area (Å²) in [7, 11) is 0. The van der Waals surface area contributed by atoms with Gasteiger partial charge >= 0.3 is 0 Å². The molecule has 0 aliphatic carbocycles. The third-order valence-corrected chi connectivity index (χ3v) is 1.32. The van der Waals surface area contributed by atoms with Crippen LogP contribution >= 0.6 is 0 Å². The molecule has 1 nitrogen and oxygen atoms in total. The van der Waals surface area contributed by atoms with Gasteiger partial charge in [-0.1, -0.05) is 19.1 Å². The maximum absolute atomic E-state index is 5.13. The minimum atomic E-state index is 0.440. The Kier molecular flexibility index (Phi) is 1.69. The minimum Gasteiger partial charge on any atom is -0.365 e. The highest BCUT2D eigenvalue weighted by molar-refractivity contribution is 5.00. The van der Waals surface area contributed by atoms with Gasteiger partial charge in [0.15, 0.2) is 0 Å². The summed E-state index contributed by atoms with van der Waals surface area (Å²) in [5, 5.41) is 0. The molecule has 0 radical (unpaired) electrons. The number of epoxide rings is 1. The van der Waals surface area contributed by atoms with Gasteiger partial charge in [0.05, 0.1) is 6.10 Å². The van der Waals surface area contributed by atoms with Crippen molar-refractivity contribution in [1.82, 2.24) is 0 Å². The summed E-state index contributed by atoms with van der Waals surface area (Å²) < 4.78 is 5.13. The van der Waals surface area contributed by atoms with Gasteiger partial charge in [0.2, 0.25) is 0 Å². The van der Waals surface area contributed by atoms with Crippen LogP contribution in [0.25, 0.3) is 0 Å². The maximum Gasteiger partial charge on any atom is 0.102 e. The molecule has 0 aromatic rings. The van der Waals surface area contributed by atoms with Crippen LogP contribution in [-0.4, -0.2) is 12.2 Å². The van der Waals surface area contributed by atoms with E-state index in [1.807, 2.05) is 0 Å². The number of allylic oxidation sites excluding steroid dienone is 1. The van der Waals surface area contributed by atoms with Gasteiger partial charge in [0.25, 0.3) is 0 Å². The van der Waals surface area contributed by atoms with Crippen LogP contribution in [0.5, 0.6) is 0 Å². The molecule has 1 aliphatic rings. The zero-order valence-corrected chi connectivity index (χ0v) is 5.42. The summed E-state index contributed by atoms with van der Waals surface area (Å²) in [6.45, 7) is 4.22. The summed E-state index contributed by atoms with van der Waals surface area (Å²) in [4.78, 5) is 0. The van der Waals surface area contributed by atoms with Crippen molar-refractivity contribution in [3.63, 3.8) is 0 Å². The van der Waals surface area contributed by atoms with Crippen molar-refractivity contribution in [2.24, 2.45) is 0 Å². The Bertz CT molecular complexity index is 96.6. The summed E-state index contributed by atoms with van der Waals surface area (Å²) in [5.74, 6) is 0. The highest BCUT2D eigenvalue weighted by Gasteiger charge is 2.30. The average Bonchev–Trinajstić information content (AvgIpc) is 2.42. The van der Waals surface area contributed by atoms with E-state index < -0.39 is 0 Å². The van der Waals surface area contributed by atoms with Gasteiger partial charge < -0.3 is 4.74 Å². The van der Waals surface area contributed by atoms with Gasteiger partial charge in [-0.05, 0) is 13.3 Å². The van der Waals surface area contributed by atoms with Crippen molar-refractivity contribution in [2.75, 3.05) is 0 Å². The molecule has 1 fully saturated rings. The second kappa shape index (κ2) is 2.31. The van der Waals surface area contributed by atoms with Gasteiger partial charge in [-0.3, -0.25) is 0 Å². The Morgan fingerprint density at radius 3 is 2.62 bits per heavy atom. The first-order valence-corrected chi connectivity index (χ1v) is 3.16. The van der Waals surface area contributed by atoms with Crippen LogP contribution in [0.4, 0.5) is 0 Å². The van der Waals surface area contributed by atoms with Crippen molar-refractivity contribution in [3.8, 4) is 0 Å². The SMILES string of the molecule is CCC=CC1OC1C. The molecule has 0 aromatic heterocycles. The highest BCUT2D eigenvalue weighted by Crippen LogP contribution is 2.21. The Balaban J connectivity index is 2.12. The molecule has 0 spiro atoms. The van der Waals surface area contributed by atoms with Gasteiger partial charge in [0.1, 0.15) is 6.10 Å². The van der Waals surface area contributed by atoms with Crippen LogP contribution in [0, 0.1) is 0 Å². The van der Waals surface area contributed by atoms with Crippen LogP contribution in [-0.2, 0) is 4.74 Å². The van der Waals surface area contributed by atoms with E-state index >= 15 is 0 Å². The maximum atomic E-state index is 5.13. The van der Waals surface area contributed by atoms with E-state index in [4.69, 9.17) is 4.74 Å². The molecule has 0 aromatic carbocycles. The molecule has 0 amide bonds. The molecule has 46 valence electrons. The van der Waals surface area contributed by atoms with E-state index in [9.17, 15) is 0 Å². The zero-order chi connectivity index (χ0) is 5.98. The Labute approximate surface area is 50.3 Å². The predicted molar refractivity (Wildman–Crippen MR) is 33.8 cm³/mol. The molecule has 0 bridgehead atoms. The van der Waals surface area contributed by atoms with Gasteiger partial charge in [0, 0.05) is 0 Å². The molecular formula is C7H12O. The smallest absolute Gasteiger partial charge is 0.102 e. The monoisotopic (exact) mass is 112 g/mol. The third kappa shape index (κ3) is 1.34. The molecule has 2 unspecified atom stereocenters. The van der Waals surface area contributed by atoms with E-state index in [1.165, 1.54) is 0 Å². The zero-order valence-electron chi connectivity index (χ0n) is 5.42. The number of hydrogen-bond acceptors (Lipinski definition) is 1. The lowest BCUT2D eigenvalue weighted by molar-refractivity contribution is 0.400. The molecule has 1 heterocycles. The average molecular weight is 112 g/mol. The van der Waals surface area contributed by atoms with E-state index in [1.54, 1.807) is 0 Å². The second-order valence-electron chi connectivity index (χ2n) is 2.14. The lowest BCUT2D eigenvalue weighted by Crippen LogP contribution is -1.79. The Morgan fingerprint density at radius 2 is 2.25 bits per heavy atom. The first-order chi connectivity index (χ1) is 3.84. The highest BCUT2D eigenvalue weighted by atomic mass is 16.6. The number of hydrogen-bond donors (Lipinski definition) is 0. The first-order valence-electron chi connectivity index (χ1n) is 3.16. The fraction of sp³-hybridized carbons (Fsp3) is 0.714. The molecule has 0 N–H and O–H groups in total. The summed E-state index contributed by atoms with van der Waals surface area (Å²) in [5.41, 5.74) is 0. The molecular weight excluding hydrogens is 100 g/mol. The fourth-order valence-electron chi connectivity index (χ4n) is 0.675. The molecule has 0 saturated carbocycles. The molecule has 1 aliphatic heterocycles. The predicted octanol–water partition coefficient (Wildman–Crippen LogP) is 1.74. The molecule has 2 atom stereocenters. The van der Waals surface area contributed by atoms with Crippen molar-refractivity contribution < 1.29 is 4.74 Å². The summed E-state index contributed by atoms with van der Waals surface area (Å²) in [6.07, 6.45) is 6.32. The van der Waals surface area contributed by atoms with Gasteiger partial charge in [-0.2, -0.15) is 0 Å². The molecule has 1 saturated heterocycles. The van der Waals surface area contributed by atoms with E-state index in [-0.39, 0.29) is 0 Å². The van der Waals surface area contributed by atoms with Crippen LogP contribution in [0.2, 0.25) is 0 Å². The number of rotatable bonds is 2. The minimum absolute atomic E-state index is 0.440. The van der Waals surface area contributed by atoms with E-state index in [0.29, 0.717) is 12.2 Å².